The molecule has 0 unspecified atom stereocenters. The monoisotopic (exact) mass is 399 g/mol. The zero-order valence-corrected chi connectivity index (χ0v) is 16.7. The highest BCUT2D eigenvalue weighted by atomic mass is 32.2. The van der Waals surface area contributed by atoms with Gasteiger partial charge in [-0.3, -0.25) is 9.10 Å². The summed E-state index contributed by atoms with van der Waals surface area (Å²) in [4.78, 5) is 17.1. The molecule has 8 nitrogen and oxygen atoms in total. The molecule has 0 fully saturated rings. The number of pyridine rings is 1. The molecule has 1 N–H and O–H groups in total. The van der Waals surface area contributed by atoms with Gasteiger partial charge in [0.2, 0.25) is 10.0 Å². The second-order valence-electron chi connectivity index (χ2n) is 7.20. The van der Waals surface area contributed by atoms with Gasteiger partial charge in [0.1, 0.15) is 0 Å². The van der Waals surface area contributed by atoms with E-state index in [2.05, 4.69) is 15.4 Å². The Morgan fingerprint density at radius 3 is 2.71 bits per heavy atom. The number of nitrogens with zero attached hydrogens (tertiary/aromatic N) is 4. The fraction of sp³-hybridized carbons (Fsp3) is 0.316. The Morgan fingerprint density at radius 2 is 2.00 bits per heavy atom. The smallest absolute Gasteiger partial charge is 0.255 e. The fourth-order valence-corrected chi connectivity index (χ4v) is 4.41. The van der Waals surface area contributed by atoms with Gasteiger partial charge in [-0.25, -0.2) is 18.1 Å². The van der Waals surface area contributed by atoms with Crippen LogP contribution in [0, 0.1) is 0 Å². The molecule has 9 heteroatoms. The zero-order chi connectivity index (χ0) is 20.1. The lowest BCUT2D eigenvalue weighted by Crippen LogP contribution is -2.27. The fourth-order valence-electron chi connectivity index (χ4n) is 3.45. The Kier molecular flexibility index (Phi) is 4.34. The highest BCUT2D eigenvalue weighted by Crippen LogP contribution is 2.31. The Labute approximate surface area is 163 Å². The molecule has 28 heavy (non-hydrogen) atoms. The third-order valence-electron chi connectivity index (χ3n) is 4.78. The first kappa shape index (κ1) is 18.4. The number of nitrogens with one attached hydrogen (secondary N) is 1. The van der Waals surface area contributed by atoms with Gasteiger partial charge in [0.25, 0.3) is 5.91 Å². The quantitative estimate of drug-likeness (QED) is 0.727. The van der Waals surface area contributed by atoms with Crippen LogP contribution in [-0.2, 0) is 16.4 Å². The van der Waals surface area contributed by atoms with Crippen molar-refractivity contribution in [1.82, 2.24) is 14.8 Å². The average molecular weight is 399 g/mol. The van der Waals surface area contributed by atoms with E-state index in [-0.39, 0.29) is 11.9 Å². The molecule has 1 amide bonds. The van der Waals surface area contributed by atoms with Crippen LogP contribution in [0.25, 0.3) is 11.0 Å². The molecule has 0 bridgehead atoms. The maximum Gasteiger partial charge on any atom is 0.255 e. The normalized spacial score (nSPS) is 13.9. The number of hydrogen-bond donors (Lipinski definition) is 1. The lowest BCUT2D eigenvalue weighted by Gasteiger charge is -2.16. The molecule has 146 valence electrons. The molecule has 3 heterocycles. The van der Waals surface area contributed by atoms with Crippen molar-refractivity contribution in [2.75, 3.05) is 22.4 Å². The number of sulfonamides is 1. The molecule has 1 aromatic carbocycles. The molecule has 0 saturated carbocycles. The summed E-state index contributed by atoms with van der Waals surface area (Å²) in [7, 11) is -3.31. The Balaban J connectivity index is 1.57. The van der Waals surface area contributed by atoms with Gasteiger partial charge < -0.3 is 5.32 Å². The van der Waals surface area contributed by atoms with Crippen LogP contribution in [0.1, 0.15) is 35.8 Å². The molecule has 0 atom stereocenters. The number of rotatable bonds is 4. The van der Waals surface area contributed by atoms with Crippen molar-refractivity contribution in [3.8, 4) is 0 Å². The van der Waals surface area contributed by atoms with Gasteiger partial charge in [-0.1, -0.05) is 0 Å². The van der Waals surface area contributed by atoms with E-state index in [0.717, 1.165) is 16.6 Å². The summed E-state index contributed by atoms with van der Waals surface area (Å²) in [6.07, 6.45) is 5.12. The second kappa shape index (κ2) is 6.59. The van der Waals surface area contributed by atoms with Crippen LogP contribution in [0.15, 0.2) is 36.7 Å². The van der Waals surface area contributed by atoms with E-state index in [1.54, 1.807) is 30.6 Å². The summed E-state index contributed by atoms with van der Waals surface area (Å²) in [6, 6.07) is 7.11. The Bertz CT molecular complexity index is 1180. The Hall–Kier alpha value is -2.94. The first-order valence-corrected chi connectivity index (χ1v) is 10.8. The number of fused-ring (bicyclic) bond motifs is 2. The molecule has 1 aliphatic heterocycles. The summed E-state index contributed by atoms with van der Waals surface area (Å²) >= 11 is 0. The molecule has 0 spiro atoms. The number of amides is 1. The first-order chi connectivity index (χ1) is 13.2. The van der Waals surface area contributed by atoms with Crippen LogP contribution < -0.4 is 9.62 Å². The van der Waals surface area contributed by atoms with E-state index in [1.807, 2.05) is 24.6 Å². The van der Waals surface area contributed by atoms with E-state index in [4.69, 9.17) is 0 Å². The third kappa shape index (κ3) is 3.22. The van der Waals surface area contributed by atoms with Gasteiger partial charge in [0.15, 0.2) is 5.65 Å². The van der Waals surface area contributed by atoms with Crippen LogP contribution >= 0.6 is 0 Å². The minimum atomic E-state index is -3.31. The summed E-state index contributed by atoms with van der Waals surface area (Å²) in [5, 5.41) is 8.03. The van der Waals surface area contributed by atoms with Crippen LogP contribution in [0.5, 0.6) is 0 Å². The van der Waals surface area contributed by atoms with Gasteiger partial charge in [-0.15, -0.1) is 0 Å². The molecule has 3 aromatic rings. The zero-order valence-electron chi connectivity index (χ0n) is 15.9. The lowest BCUT2D eigenvalue weighted by atomic mass is 10.1. The molecule has 0 aliphatic carbocycles. The predicted molar refractivity (Wildman–Crippen MR) is 108 cm³/mol. The van der Waals surface area contributed by atoms with E-state index in [9.17, 15) is 13.2 Å². The van der Waals surface area contributed by atoms with Crippen molar-refractivity contribution in [3.05, 3.63) is 47.8 Å². The number of hydrogen-bond acceptors (Lipinski definition) is 5. The van der Waals surface area contributed by atoms with Gasteiger partial charge >= 0.3 is 0 Å². The maximum atomic E-state index is 12.7. The van der Waals surface area contributed by atoms with Gasteiger partial charge in [0.05, 0.1) is 30.0 Å². The van der Waals surface area contributed by atoms with Crippen molar-refractivity contribution >= 4 is 38.3 Å². The number of benzene rings is 1. The third-order valence-corrected chi connectivity index (χ3v) is 5.96. The minimum Gasteiger partial charge on any atom is -0.321 e. The van der Waals surface area contributed by atoms with E-state index >= 15 is 0 Å². The largest absolute Gasteiger partial charge is 0.321 e. The molecular weight excluding hydrogens is 378 g/mol. The first-order valence-electron chi connectivity index (χ1n) is 8.99. The predicted octanol–water partition coefficient (Wildman–Crippen LogP) is 2.59. The van der Waals surface area contributed by atoms with E-state index in [0.29, 0.717) is 29.9 Å². The highest BCUT2D eigenvalue weighted by Gasteiger charge is 2.26. The molecule has 0 radical (unpaired) electrons. The topological polar surface area (TPSA) is 97.2 Å². The standard InChI is InChI=1S/C19H21N5O3S/c1-12(2)24-18-15(10-21-24)9-16(11-20-18)22-19(25)14-4-5-17-13(8-14)6-7-23(17)28(3,26)27/h4-5,8-12H,6-7H2,1-3H3,(H,22,25). The second-order valence-corrected chi connectivity index (χ2v) is 9.11. The van der Waals surface area contributed by atoms with E-state index < -0.39 is 10.0 Å². The number of carbonyl (C=O) groups excluding carboxylic acids is 1. The van der Waals surface area contributed by atoms with Crippen molar-refractivity contribution in [2.24, 2.45) is 0 Å². The molecule has 1 aliphatic rings. The minimum absolute atomic E-state index is 0.198. The van der Waals surface area contributed by atoms with Gasteiger partial charge in [-0.2, -0.15) is 5.10 Å². The van der Waals surface area contributed by atoms with Gasteiger partial charge in [-0.05, 0) is 50.1 Å². The van der Waals surface area contributed by atoms with Crippen LogP contribution in [0.2, 0.25) is 0 Å². The molecule has 2 aromatic heterocycles. The van der Waals surface area contributed by atoms with Crippen molar-refractivity contribution in [1.29, 1.82) is 0 Å². The van der Waals surface area contributed by atoms with Gasteiger partial charge in [0, 0.05) is 23.5 Å². The number of carbonyl (C=O) groups is 1. The summed E-state index contributed by atoms with van der Waals surface area (Å²) < 4.78 is 26.9. The van der Waals surface area contributed by atoms with Crippen molar-refractivity contribution in [3.63, 3.8) is 0 Å². The van der Waals surface area contributed by atoms with Crippen molar-refractivity contribution in [2.45, 2.75) is 26.3 Å². The number of anilines is 2. The molecular formula is C19H21N5O3S. The van der Waals surface area contributed by atoms with Crippen molar-refractivity contribution < 1.29 is 13.2 Å². The maximum absolute atomic E-state index is 12.7. The lowest BCUT2D eigenvalue weighted by molar-refractivity contribution is 0.102. The van der Waals surface area contributed by atoms with Crippen LogP contribution in [0.3, 0.4) is 0 Å². The summed E-state index contributed by atoms with van der Waals surface area (Å²) in [5.41, 5.74) is 3.32. The molecule has 0 saturated heterocycles. The van der Waals surface area contributed by atoms with Crippen LogP contribution in [-0.4, -0.2) is 41.9 Å². The van der Waals surface area contributed by atoms with E-state index in [1.165, 1.54) is 10.6 Å². The number of aromatic nitrogens is 3. The SMILES string of the molecule is CC(C)n1ncc2cc(NC(=O)c3ccc4c(c3)CCN4S(C)(=O)=O)cnc21. The van der Waals surface area contributed by atoms with Crippen LogP contribution in [0.4, 0.5) is 11.4 Å². The molecule has 4 rings (SSSR count). The summed E-state index contributed by atoms with van der Waals surface area (Å²) in [6.45, 7) is 4.46. The highest BCUT2D eigenvalue weighted by molar-refractivity contribution is 7.92. The Morgan fingerprint density at radius 1 is 1.21 bits per heavy atom. The average Bonchev–Trinajstić information content (AvgIpc) is 3.24. The summed E-state index contributed by atoms with van der Waals surface area (Å²) in [5.74, 6) is -0.266.